The molecule has 0 aromatic heterocycles. The number of nitrogens with zero attached hydrogens (tertiary/aromatic N) is 2. The lowest BCUT2D eigenvalue weighted by Gasteiger charge is -2.11. The van der Waals surface area contributed by atoms with Gasteiger partial charge in [0.15, 0.2) is 18.1 Å². The molecule has 0 bridgehead atoms. The van der Waals surface area contributed by atoms with Gasteiger partial charge in [0, 0.05) is 12.1 Å². The Bertz CT molecular complexity index is 1220. The van der Waals surface area contributed by atoms with E-state index in [9.17, 15) is 19.7 Å². The van der Waals surface area contributed by atoms with Crippen molar-refractivity contribution in [2.75, 3.05) is 13.2 Å². The molecule has 3 aromatic rings. The second-order valence-corrected chi connectivity index (χ2v) is 7.23. The number of ether oxygens (including phenoxy) is 3. The quantitative estimate of drug-likeness (QED) is 0.153. The van der Waals surface area contributed by atoms with Crippen LogP contribution in [-0.2, 0) is 4.79 Å². The topological polar surface area (TPSA) is 129 Å². The fourth-order valence-electron chi connectivity index (χ4n) is 2.83. The van der Waals surface area contributed by atoms with Crippen molar-refractivity contribution in [1.29, 1.82) is 0 Å². The maximum Gasteiger partial charge on any atom is 0.343 e. The Morgan fingerprint density at radius 3 is 2.37 bits per heavy atom. The second-order valence-electron chi connectivity index (χ2n) is 7.23. The molecule has 3 rings (SSSR count). The third-order valence-electron chi connectivity index (χ3n) is 4.58. The van der Waals surface area contributed by atoms with Gasteiger partial charge in [-0.15, -0.1) is 0 Å². The molecule has 0 spiro atoms. The van der Waals surface area contributed by atoms with Crippen LogP contribution >= 0.6 is 0 Å². The summed E-state index contributed by atoms with van der Waals surface area (Å²) in [5.74, 6) is -0.0813. The molecule has 0 saturated heterocycles. The summed E-state index contributed by atoms with van der Waals surface area (Å²) < 4.78 is 16.3. The molecule has 10 heteroatoms. The maximum atomic E-state index is 12.4. The monoisotopic (exact) mass is 477 g/mol. The van der Waals surface area contributed by atoms with E-state index in [0.29, 0.717) is 23.7 Å². The highest BCUT2D eigenvalue weighted by molar-refractivity contribution is 5.92. The van der Waals surface area contributed by atoms with Crippen LogP contribution in [0, 0.1) is 17.0 Å². The highest BCUT2D eigenvalue weighted by atomic mass is 16.6. The van der Waals surface area contributed by atoms with E-state index >= 15 is 0 Å². The summed E-state index contributed by atoms with van der Waals surface area (Å²) in [6.45, 7) is 3.85. The average Bonchev–Trinajstić information content (AvgIpc) is 2.85. The highest BCUT2D eigenvalue weighted by Crippen LogP contribution is 2.29. The Kier molecular flexibility index (Phi) is 8.49. The molecule has 10 nitrogen and oxygen atoms in total. The molecule has 1 amide bonds. The molecule has 0 aliphatic rings. The molecular weight excluding hydrogens is 454 g/mol. The standard InChI is InChI=1S/C25H23N3O7/c1-3-33-23-14-18(15-26-27-24(29)16-34-21-11-4-17(2)5-12-21)6-13-22(23)35-25(30)19-7-9-20(10-8-19)28(31)32/h4-15H,3,16H2,1-2H3,(H,27,29). The van der Waals surface area contributed by atoms with Gasteiger partial charge < -0.3 is 14.2 Å². The van der Waals surface area contributed by atoms with Gasteiger partial charge in [0.2, 0.25) is 0 Å². The number of carbonyl (C=O) groups is 2. The summed E-state index contributed by atoms with van der Waals surface area (Å²) in [7, 11) is 0. The molecule has 35 heavy (non-hydrogen) atoms. The van der Waals surface area contributed by atoms with Crippen LogP contribution in [0.15, 0.2) is 71.8 Å². The first-order valence-electron chi connectivity index (χ1n) is 10.6. The number of benzene rings is 3. The van der Waals surface area contributed by atoms with Crippen LogP contribution in [0.4, 0.5) is 5.69 Å². The number of amides is 1. The third kappa shape index (κ3) is 7.39. The van der Waals surface area contributed by atoms with Crippen molar-refractivity contribution in [3.63, 3.8) is 0 Å². The number of hydrogen-bond donors (Lipinski definition) is 1. The average molecular weight is 477 g/mol. The number of non-ortho nitro benzene ring substituents is 1. The third-order valence-corrected chi connectivity index (χ3v) is 4.58. The lowest BCUT2D eigenvalue weighted by molar-refractivity contribution is -0.384. The van der Waals surface area contributed by atoms with E-state index in [1.165, 1.54) is 36.5 Å². The largest absolute Gasteiger partial charge is 0.490 e. The summed E-state index contributed by atoms with van der Waals surface area (Å²) in [5.41, 5.74) is 4.07. The predicted octanol–water partition coefficient (Wildman–Crippen LogP) is 4.05. The normalized spacial score (nSPS) is 10.6. The van der Waals surface area contributed by atoms with E-state index in [4.69, 9.17) is 14.2 Å². The Balaban J connectivity index is 1.59. The lowest BCUT2D eigenvalue weighted by Crippen LogP contribution is -2.24. The van der Waals surface area contributed by atoms with Crippen molar-refractivity contribution in [2.24, 2.45) is 5.10 Å². The predicted molar refractivity (Wildman–Crippen MR) is 128 cm³/mol. The molecule has 0 heterocycles. The zero-order valence-corrected chi connectivity index (χ0v) is 19.1. The molecule has 0 saturated carbocycles. The fraction of sp³-hybridized carbons (Fsp3) is 0.160. The van der Waals surface area contributed by atoms with Gasteiger partial charge in [0.1, 0.15) is 5.75 Å². The molecule has 0 radical (unpaired) electrons. The minimum Gasteiger partial charge on any atom is -0.490 e. The summed E-state index contributed by atoms with van der Waals surface area (Å²) in [6.07, 6.45) is 1.41. The zero-order chi connectivity index (χ0) is 25.2. The van der Waals surface area contributed by atoms with Crippen LogP contribution in [0.2, 0.25) is 0 Å². The van der Waals surface area contributed by atoms with Crippen LogP contribution < -0.4 is 19.6 Å². The minimum absolute atomic E-state index is 0.131. The van der Waals surface area contributed by atoms with E-state index < -0.39 is 16.8 Å². The van der Waals surface area contributed by atoms with Gasteiger partial charge in [-0.2, -0.15) is 5.10 Å². The lowest BCUT2D eigenvalue weighted by atomic mass is 10.2. The van der Waals surface area contributed by atoms with Crippen LogP contribution in [0.25, 0.3) is 0 Å². The van der Waals surface area contributed by atoms with Crippen molar-refractivity contribution in [3.05, 3.63) is 93.5 Å². The first-order valence-corrected chi connectivity index (χ1v) is 10.6. The number of rotatable bonds is 10. The van der Waals surface area contributed by atoms with Crippen molar-refractivity contribution in [1.82, 2.24) is 5.43 Å². The molecule has 0 aliphatic heterocycles. The highest BCUT2D eigenvalue weighted by Gasteiger charge is 2.15. The van der Waals surface area contributed by atoms with E-state index in [-0.39, 0.29) is 23.6 Å². The first kappa shape index (κ1) is 24.9. The van der Waals surface area contributed by atoms with Crippen LogP contribution in [0.5, 0.6) is 17.2 Å². The second kappa shape index (κ2) is 11.9. The van der Waals surface area contributed by atoms with Crippen molar-refractivity contribution in [2.45, 2.75) is 13.8 Å². The van der Waals surface area contributed by atoms with E-state index in [1.54, 1.807) is 31.2 Å². The van der Waals surface area contributed by atoms with Crippen LogP contribution in [0.3, 0.4) is 0 Å². The van der Waals surface area contributed by atoms with Crippen LogP contribution in [-0.4, -0.2) is 36.2 Å². The fourth-order valence-corrected chi connectivity index (χ4v) is 2.83. The SMILES string of the molecule is CCOc1cc(C=NNC(=O)COc2ccc(C)cc2)ccc1OC(=O)c1ccc([N+](=O)[O-])cc1. The molecule has 0 aliphatic carbocycles. The van der Waals surface area contributed by atoms with Crippen molar-refractivity contribution in [3.8, 4) is 17.2 Å². The smallest absolute Gasteiger partial charge is 0.343 e. The minimum atomic E-state index is -0.692. The Morgan fingerprint density at radius 1 is 1.00 bits per heavy atom. The Hall–Kier alpha value is -4.73. The molecule has 3 aromatic carbocycles. The van der Waals surface area contributed by atoms with E-state index in [2.05, 4.69) is 10.5 Å². The number of aryl methyl sites for hydroxylation is 1. The van der Waals surface area contributed by atoms with Gasteiger partial charge in [-0.1, -0.05) is 17.7 Å². The van der Waals surface area contributed by atoms with Gasteiger partial charge >= 0.3 is 5.97 Å². The van der Waals surface area contributed by atoms with Crippen molar-refractivity contribution >= 4 is 23.8 Å². The van der Waals surface area contributed by atoms with E-state index in [1.807, 2.05) is 19.1 Å². The molecule has 1 N–H and O–H groups in total. The molecule has 0 unspecified atom stereocenters. The molecule has 0 fully saturated rings. The van der Waals surface area contributed by atoms with Gasteiger partial charge in [-0.05, 0) is 61.9 Å². The first-order chi connectivity index (χ1) is 16.9. The van der Waals surface area contributed by atoms with Gasteiger partial charge in [-0.3, -0.25) is 14.9 Å². The number of nitro benzene ring substituents is 1. The number of nitro groups is 1. The summed E-state index contributed by atoms with van der Waals surface area (Å²) >= 11 is 0. The molecule has 180 valence electrons. The van der Waals surface area contributed by atoms with Gasteiger partial charge in [-0.25, -0.2) is 10.2 Å². The Labute approximate surface area is 201 Å². The number of carbonyl (C=O) groups excluding carboxylic acids is 2. The number of hydrazone groups is 1. The summed E-state index contributed by atoms with van der Waals surface area (Å²) in [4.78, 5) is 34.6. The van der Waals surface area contributed by atoms with Crippen molar-refractivity contribution < 1.29 is 28.7 Å². The number of hydrogen-bond acceptors (Lipinski definition) is 8. The van der Waals surface area contributed by atoms with Crippen LogP contribution in [0.1, 0.15) is 28.4 Å². The van der Waals surface area contributed by atoms with Gasteiger partial charge in [0.05, 0.1) is 23.3 Å². The summed E-state index contributed by atoms with van der Waals surface area (Å²) in [5, 5.41) is 14.7. The van der Waals surface area contributed by atoms with E-state index in [0.717, 1.165) is 5.56 Å². The molecular formula is C25H23N3O7. The zero-order valence-electron chi connectivity index (χ0n) is 19.1. The number of nitrogens with one attached hydrogen (secondary N) is 1. The maximum absolute atomic E-state index is 12.4. The summed E-state index contributed by atoms with van der Waals surface area (Å²) in [6, 6.07) is 17.1. The number of esters is 1. The van der Waals surface area contributed by atoms with Gasteiger partial charge in [0.25, 0.3) is 11.6 Å². The molecule has 0 atom stereocenters. The Morgan fingerprint density at radius 2 is 1.71 bits per heavy atom.